The molecule has 1 aliphatic rings. The lowest BCUT2D eigenvalue weighted by molar-refractivity contribution is -0.305. The van der Waals surface area contributed by atoms with Crippen molar-refractivity contribution in [2.45, 2.75) is 333 Å². The van der Waals surface area contributed by atoms with Crippen LogP contribution in [0.4, 0.5) is 0 Å². The molecule has 0 aromatic heterocycles. The molecule has 0 radical (unpaired) electrons. The van der Waals surface area contributed by atoms with E-state index in [1.807, 2.05) is 6.08 Å². The number of carbonyl (C=O) groups excluding carboxylic acids is 2. The van der Waals surface area contributed by atoms with Crippen molar-refractivity contribution in [1.82, 2.24) is 5.32 Å². The van der Waals surface area contributed by atoms with Gasteiger partial charge in [0.1, 0.15) is 24.4 Å². The highest BCUT2D eigenvalue weighted by molar-refractivity contribution is 5.80. The maximum absolute atomic E-state index is 13.5. The lowest BCUT2D eigenvalue weighted by Gasteiger charge is -2.41. The minimum atomic E-state index is -1.62. The predicted molar refractivity (Wildman–Crippen MR) is 347 cm³/mol. The topological polar surface area (TPSA) is 175 Å². The van der Waals surface area contributed by atoms with Crippen LogP contribution >= 0.6 is 0 Å². The van der Waals surface area contributed by atoms with Crippen molar-refractivity contribution in [1.29, 1.82) is 0 Å². The number of allylic oxidation sites excluding steroid dienone is 15. The van der Waals surface area contributed by atoms with Crippen LogP contribution in [0.3, 0.4) is 0 Å². The number of nitrogens with one attached hydrogen (secondary N) is 1. The Bertz CT molecular complexity index is 1720. The molecular formula is C72H125NO10. The van der Waals surface area contributed by atoms with Gasteiger partial charge in [0, 0.05) is 6.42 Å². The summed E-state index contributed by atoms with van der Waals surface area (Å²) >= 11 is 0. The number of aliphatic hydroxyl groups excluding tert-OH is 5. The van der Waals surface area contributed by atoms with Gasteiger partial charge in [-0.25, -0.2) is 0 Å². The zero-order valence-electron chi connectivity index (χ0n) is 53.0. The van der Waals surface area contributed by atoms with Gasteiger partial charge in [-0.1, -0.05) is 266 Å². The number of aliphatic hydroxyl groups is 5. The van der Waals surface area contributed by atoms with Crippen molar-refractivity contribution in [3.63, 3.8) is 0 Å². The molecule has 1 aliphatic heterocycles. The third kappa shape index (κ3) is 46.5. The number of hydrogen-bond donors (Lipinski definition) is 6. The molecule has 1 amide bonds. The van der Waals surface area contributed by atoms with E-state index in [4.69, 9.17) is 14.2 Å². The van der Waals surface area contributed by atoms with Crippen molar-refractivity contribution in [2.24, 2.45) is 0 Å². The second-order valence-corrected chi connectivity index (χ2v) is 23.2. The monoisotopic (exact) mass is 1160 g/mol. The predicted octanol–water partition coefficient (Wildman–Crippen LogP) is 17.1. The van der Waals surface area contributed by atoms with Crippen LogP contribution in [0.2, 0.25) is 0 Å². The molecule has 8 unspecified atom stereocenters. The highest BCUT2D eigenvalue weighted by Crippen LogP contribution is 2.26. The first-order valence-corrected chi connectivity index (χ1v) is 34.0. The fourth-order valence-electron chi connectivity index (χ4n) is 10.1. The van der Waals surface area contributed by atoms with E-state index in [1.54, 1.807) is 6.08 Å². The molecule has 0 aromatic rings. The molecule has 0 aromatic carbocycles. The van der Waals surface area contributed by atoms with Gasteiger partial charge in [0.25, 0.3) is 0 Å². The number of unbranched alkanes of at least 4 members (excludes halogenated alkanes) is 29. The molecule has 8 atom stereocenters. The van der Waals surface area contributed by atoms with Crippen LogP contribution in [0.25, 0.3) is 0 Å². The molecule has 0 spiro atoms. The summed E-state index contributed by atoms with van der Waals surface area (Å²) < 4.78 is 17.7. The third-order valence-electron chi connectivity index (χ3n) is 15.5. The van der Waals surface area contributed by atoms with Crippen molar-refractivity contribution in [3.05, 3.63) is 97.2 Å². The maximum Gasteiger partial charge on any atom is 0.306 e. The summed E-state index contributed by atoms with van der Waals surface area (Å²) in [6.07, 6.45) is 68.6. The fourth-order valence-corrected chi connectivity index (χ4v) is 10.1. The first-order chi connectivity index (χ1) is 40.7. The first-order valence-electron chi connectivity index (χ1n) is 34.0. The van der Waals surface area contributed by atoms with Gasteiger partial charge in [-0.05, 0) is 109 Å². The van der Waals surface area contributed by atoms with Crippen LogP contribution in [0.15, 0.2) is 97.2 Å². The number of ether oxygens (including phenoxy) is 3. The van der Waals surface area contributed by atoms with Crippen molar-refractivity contribution in [3.8, 4) is 0 Å². The average Bonchev–Trinajstić information content (AvgIpc) is 3.52. The van der Waals surface area contributed by atoms with Crippen molar-refractivity contribution >= 4 is 11.9 Å². The van der Waals surface area contributed by atoms with Crippen LogP contribution in [-0.2, 0) is 23.8 Å². The Balaban J connectivity index is 2.62. The Morgan fingerprint density at radius 1 is 0.470 bits per heavy atom. The minimum Gasteiger partial charge on any atom is -0.454 e. The second-order valence-electron chi connectivity index (χ2n) is 23.2. The normalized spacial score (nSPS) is 19.2. The number of rotatable bonds is 57. The van der Waals surface area contributed by atoms with Gasteiger partial charge in [0.15, 0.2) is 12.4 Å². The highest BCUT2D eigenvalue weighted by atomic mass is 16.7. The molecule has 83 heavy (non-hydrogen) atoms. The zero-order valence-corrected chi connectivity index (χ0v) is 53.0. The Morgan fingerprint density at radius 2 is 0.831 bits per heavy atom. The van der Waals surface area contributed by atoms with E-state index in [0.29, 0.717) is 12.8 Å². The van der Waals surface area contributed by atoms with Crippen LogP contribution in [-0.4, -0.2) is 99.6 Å². The minimum absolute atomic E-state index is 0.110. The van der Waals surface area contributed by atoms with Crippen LogP contribution in [0.5, 0.6) is 0 Å². The summed E-state index contributed by atoms with van der Waals surface area (Å²) in [5.41, 5.74) is 0. The average molecular weight is 1160 g/mol. The maximum atomic E-state index is 13.5. The third-order valence-corrected chi connectivity index (χ3v) is 15.5. The molecule has 1 fully saturated rings. The Kier molecular flexibility index (Phi) is 55.1. The summed E-state index contributed by atoms with van der Waals surface area (Å²) in [5, 5.41) is 57.1. The molecule has 1 saturated heterocycles. The summed E-state index contributed by atoms with van der Waals surface area (Å²) in [7, 11) is 0. The Morgan fingerprint density at radius 3 is 1.27 bits per heavy atom. The molecule has 1 rings (SSSR count). The number of esters is 1. The lowest BCUT2D eigenvalue weighted by atomic mass is 9.99. The first kappa shape index (κ1) is 77.6. The van der Waals surface area contributed by atoms with E-state index in [1.165, 1.54) is 109 Å². The van der Waals surface area contributed by atoms with Crippen LogP contribution in [0, 0.1) is 0 Å². The van der Waals surface area contributed by atoms with E-state index in [-0.39, 0.29) is 19.4 Å². The lowest BCUT2D eigenvalue weighted by Crippen LogP contribution is -2.61. The fraction of sp³-hybridized carbons (Fsp3) is 0.750. The molecule has 1 heterocycles. The number of amides is 1. The van der Waals surface area contributed by atoms with Gasteiger partial charge in [0.05, 0.1) is 25.4 Å². The van der Waals surface area contributed by atoms with E-state index in [9.17, 15) is 35.1 Å². The summed E-state index contributed by atoms with van der Waals surface area (Å²) in [5.74, 6) is -1.21. The van der Waals surface area contributed by atoms with E-state index >= 15 is 0 Å². The highest BCUT2D eigenvalue weighted by Gasteiger charge is 2.47. The van der Waals surface area contributed by atoms with E-state index in [2.05, 4.69) is 111 Å². The molecule has 478 valence electrons. The van der Waals surface area contributed by atoms with Gasteiger partial charge >= 0.3 is 5.97 Å². The molecular weight excluding hydrogens is 1040 g/mol. The van der Waals surface area contributed by atoms with E-state index < -0.39 is 67.4 Å². The van der Waals surface area contributed by atoms with Gasteiger partial charge in [-0.3, -0.25) is 9.59 Å². The SMILES string of the molecule is CCCCC/C=C\C/C=C\C/C=C\C/C=C\CCCCCCCCC(O)C(=O)NC(COC1OC(CO)C(O)C(O)C1OC(=O)CCCCCCCCCC/C=C\C/C=C\C/C=C\CCCCC)C(O)/C=C/CCCCCCCCCCC. The Hall–Kier alpha value is -3.42. The Labute approximate surface area is 507 Å². The van der Waals surface area contributed by atoms with Gasteiger partial charge in [-0.2, -0.15) is 0 Å². The molecule has 0 aliphatic carbocycles. The van der Waals surface area contributed by atoms with Gasteiger partial charge in [-0.15, -0.1) is 0 Å². The molecule has 11 heteroatoms. The summed E-state index contributed by atoms with van der Waals surface area (Å²) in [6.45, 7) is 5.73. The smallest absolute Gasteiger partial charge is 0.306 e. The van der Waals surface area contributed by atoms with Crippen LogP contribution in [0.1, 0.15) is 284 Å². The van der Waals surface area contributed by atoms with Crippen LogP contribution < -0.4 is 5.32 Å². The van der Waals surface area contributed by atoms with Gasteiger partial charge < -0.3 is 45.1 Å². The summed E-state index contributed by atoms with van der Waals surface area (Å²) in [4.78, 5) is 26.6. The van der Waals surface area contributed by atoms with Crippen molar-refractivity contribution < 1.29 is 49.3 Å². The molecule has 0 saturated carbocycles. The molecule has 11 nitrogen and oxygen atoms in total. The number of carbonyl (C=O) groups is 2. The zero-order chi connectivity index (χ0) is 60.3. The van der Waals surface area contributed by atoms with Crippen molar-refractivity contribution in [2.75, 3.05) is 13.2 Å². The second kappa shape index (κ2) is 58.9. The van der Waals surface area contributed by atoms with Gasteiger partial charge in [0.2, 0.25) is 5.91 Å². The molecule has 6 N–H and O–H groups in total. The largest absolute Gasteiger partial charge is 0.454 e. The van der Waals surface area contributed by atoms with E-state index in [0.717, 1.165) is 128 Å². The quantitative estimate of drug-likeness (QED) is 0.0195. The molecule has 0 bridgehead atoms. The standard InChI is InChI=1S/C72H125NO10/c1-4-7-10-13-16-19-22-24-26-28-30-32-34-35-37-39-41-44-47-50-53-56-59-65(76)71(80)73-63(64(75)58-55-52-49-46-43-21-18-15-12-9-6-3)62-81-72-70(69(79)68(78)66(61-74)82-72)83-67(77)60-57-54-51-48-45-42-40-38-36-33-31-29-27-25-23-20-17-14-11-8-5-2/h16-17,19-20,24-27,30-33,35,37,55,58,63-66,68-70,72,74-76,78-79H,4-15,18,21-23,28-29,34,36,38-54,56-57,59-62H2,1-3H3,(H,73,80)/b19-16-,20-17-,26-24-,27-25-,32-30-,33-31-,37-35-,58-55+. The summed E-state index contributed by atoms with van der Waals surface area (Å²) in [6, 6.07) is -1.04. The number of hydrogen-bond acceptors (Lipinski definition) is 10.